The van der Waals surface area contributed by atoms with Gasteiger partial charge in [-0.3, -0.25) is 10.1 Å². The minimum Gasteiger partial charge on any atom is -0.353 e. The van der Waals surface area contributed by atoms with Crippen molar-refractivity contribution in [1.82, 2.24) is 10.6 Å². The Balaban J connectivity index is 2.41. The van der Waals surface area contributed by atoms with Gasteiger partial charge in [0.2, 0.25) is 5.91 Å². The molecule has 1 aliphatic heterocycles. The lowest BCUT2D eigenvalue weighted by Gasteiger charge is -2.34. The third kappa shape index (κ3) is 1.79. The zero-order valence-corrected chi connectivity index (χ0v) is 9.57. The van der Waals surface area contributed by atoms with Gasteiger partial charge in [0, 0.05) is 13.1 Å². The fourth-order valence-corrected chi connectivity index (χ4v) is 1.97. The van der Waals surface area contributed by atoms with Crippen LogP contribution in [0.15, 0.2) is 18.2 Å². The monoisotopic (exact) mass is 242 g/mol. The molecule has 1 unspecified atom stereocenters. The highest BCUT2D eigenvalue weighted by atomic mass is 35.5. The first-order chi connectivity index (χ1) is 7.54. The molecule has 2 rings (SSSR count). The number of benzene rings is 1. The Morgan fingerprint density at radius 1 is 1.44 bits per heavy atom. The summed E-state index contributed by atoms with van der Waals surface area (Å²) in [4.78, 5) is 11.8. The summed E-state index contributed by atoms with van der Waals surface area (Å²) >= 11 is 5.71. The molecule has 1 amide bonds. The minimum atomic E-state index is -0.838. The molecule has 0 aromatic heterocycles. The van der Waals surface area contributed by atoms with Crippen LogP contribution in [0.4, 0.5) is 4.39 Å². The predicted molar refractivity (Wildman–Crippen MR) is 59.8 cm³/mol. The maximum atomic E-state index is 13.0. The maximum Gasteiger partial charge on any atom is 0.244 e. The first-order valence-corrected chi connectivity index (χ1v) is 5.41. The van der Waals surface area contributed by atoms with Gasteiger partial charge in [-0.05, 0) is 24.6 Å². The van der Waals surface area contributed by atoms with Gasteiger partial charge in [0.1, 0.15) is 11.4 Å². The molecule has 16 heavy (non-hydrogen) atoms. The first-order valence-electron chi connectivity index (χ1n) is 5.03. The largest absolute Gasteiger partial charge is 0.353 e. The number of rotatable bonds is 1. The molecule has 3 nitrogen and oxygen atoms in total. The van der Waals surface area contributed by atoms with Crippen molar-refractivity contribution in [3.05, 3.63) is 34.6 Å². The quantitative estimate of drug-likeness (QED) is 0.782. The molecule has 5 heteroatoms. The lowest BCUT2D eigenvalue weighted by atomic mass is 9.89. The van der Waals surface area contributed by atoms with Gasteiger partial charge in [-0.2, -0.15) is 0 Å². The molecule has 0 bridgehead atoms. The van der Waals surface area contributed by atoms with Crippen molar-refractivity contribution in [2.75, 3.05) is 13.1 Å². The van der Waals surface area contributed by atoms with Crippen LogP contribution < -0.4 is 10.6 Å². The summed E-state index contributed by atoms with van der Waals surface area (Å²) in [7, 11) is 0. The zero-order chi connectivity index (χ0) is 11.8. The van der Waals surface area contributed by atoms with E-state index < -0.39 is 11.4 Å². The number of carbonyl (C=O) groups is 1. The van der Waals surface area contributed by atoms with E-state index in [1.165, 1.54) is 12.1 Å². The van der Waals surface area contributed by atoms with Gasteiger partial charge < -0.3 is 5.32 Å². The van der Waals surface area contributed by atoms with Crippen LogP contribution in [0.2, 0.25) is 5.02 Å². The Bertz CT molecular complexity index is 438. The summed E-state index contributed by atoms with van der Waals surface area (Å²) in [6.07, 6.45) is 0. The third-order valence-electron chi connectivity index (χ3n) is 2.84. The molecule has 1 saturated heterocycles. The van der Waals surface area contributed by atoms with Crippen LogP contribution in [0.1, 0.15) is 12.5 Å². The number of amides is 1. The lowest BCUT2D eigenvalue weighted by Crippen LogP contribution is -2.59. The smallest absolute Gasteiger partial charge is 0.244 e. The molecule has 86 valence electrons. The van der Waals surface area contributed by atoms with Crippen molar-refractivity contribution < 1.29 is 9.18 Å². The summed E-state index contributed by atoms with van der Waals surface area (Å²) < 4.78 is 13.0. The van der Waals surface area contributed by atoms with E-state index in [0.29, 0.717) is 18.7 Å². The number of nitrogens with one attached hydrogen (secondary N) is 2. The molecule has 1 aromatic carbocycles. The second kappa shape index (κ2) is 4.03. The van der Waals surface area contributed by atoms with Crippen molar-refractivity contribution in [2.45, 2.75) is 12.5 Å². The minimum absolute atomic E-state index is 0.0268. The zero-order valence-electron chi connectivity index (χ0n) is 8.81. The number of hydrogen-bond acceptors (Lipinski definition) is 2. The summed E-state index contributed by atoms with van der Waals surface area (Å²) in [5, 5.41) is 5.91. The summed E-state index contributed by atoms with van der Waals surface area (Å²) in [5.41, 5.74) is -0.175. The summed E-state index contributed by atoms with van der Waals surface area (Å²) in [5.74, 6) is -0.605. The van der Waals surface area contributed by atoms with Crippen molar-refractivity contribution >= 4 is 17.5 Å². The average Bonchev–Trinajstić information content (AvgIpc) is 2.26. The van der Waals surface area contributed by atoms with E-state index in [4.69, 9.17) is 11.6 Å². The second-order valence-corrected chi connectivity index (χ2v) is 4.34. The Morgan fingerprint density at radius 2 is 2.19 bits per heavy atom. The van der Waals surface area contributed by atoms with Gasteiger partial charge in [0.25, 0.3) is 0 Å². The van der Waals surface area contributed by atoms with E-state index in [-0.39, 0.29) is 10.9 Å². The third-order valence-corrected chi connectivity index (χ3v) is 3.13. The van der Waals surface area contributed by atoms with Crippen LogP contribution in [-0.2, 0) is 10.3 Å². The van der Waals surface area contributed by atoms with Crippen LogP contribution in [0.25, 0.3) is 0 Å². The van der Waals surface area contributed by atoms with Crippen LogP contribution in [0, 0.1) is 5.82 Å². The number of carbonyl (C=O) groups excluding carboxylic acids is 1. The number of hydrogen-bond donors (Lipinski definition) is 2. The molecule has 0 radical (unpaired) electrons. The van der Waals surface area contributed by atoms with Gasteiger partial charge >= 0.3 is 0 Å². The molecule has 1 atom stereocenters. The molecule has 1 fully saturated rings. The molecule has 0 spiro atoms. The highest BCUT2D eigenvalue weighted by molar-refractivity contribution is 6.30. The highest BCUT2D eigenvalue weighted by Crippen LogP contribution is 2.26. The summed E-state index contributed by atoms with van der Waals surface area (Å²) in [6, 6.07) is 4.32. The van der Waals surface area contributed by atoms with Gasteiger partial charge in [0.05, 0.1) is 5.02 Å². The lowest BCUT2D eigenvalue weighted by molar-refractivity contribution is -0.128. The Kier molecular flexibility index (Phi) is 2.86. The van der Waals surface area contributed by atoms with Crippen LogP contribution in [0.3, 0.4) is 0 Å². The normalized spacial score (nSPS) is 25.3. The van der Waals surface area contributed by atoms with E-state index in [2.05, 4.69) is 10.6 Å². The molecular weight excluding hydrogens is 231 g/mol. The van der Waals surface area contributed by atoms with E-state index in [1.807, 2.05) is 0 Å². The Labute approximate surface area is 98.0 Å². The Morgan fingerprint density at radius 3 is 2.81 bits per heavy atom. The molecule has 2 N–H and O–H groups in total. The fourth-order valence-electron chi connectivity index (χ4n) is 1.79. The Hall–Kier alpha value is -1.13. The molecule has 1 aliphatic rings. The fraction of sp³-hybridized carbons (Fsp3) is 0.364. The van der Waals surface area contributed by atoms with Crippen molar-refractivity contribution in [3.8, 4) is 0 Å². The standard InChI is InChI=1S/C11H12ClFN2O/c1-11(10(16)14-4-5-15-11)7-2-3-9(13)8(12)6-7/h2-3,6,15H,4-5H2,1H3,(H,14,16). The second-order valence-electron chi connectivity index (χ2n) is 3.94. The van der Waals surface area contributed by atoms with E-state index in [1.54, 1.807) is 13.0 Å². The van der Waals surface area contributed by atoms with Gasteiger partial charge in [-0.1, -0.05) is 17.7 Å². The SMILES string of the molecule is CC1(c2ccc(F)c(Cl)c2)NCCNC1=O. The van der Waals surface area contributed by atoms with Crippen molar-refractivity contribution in [3.63, 3.8) is 0 Å². The topological polar surface area (TPSA) is 41.1 Å². The number of halogens is 2. The van der Waals surface area contributed by atoms with Crippen molar-refractivity contribution in [1.29, 1.82) is 0 Å². The molecule has 1 heterocycles. The van der Waals surface area contributed by atoms with E-state index in [9.17, 15) is 9.18 Å². The van der Waals surface area contributed by atoms with Crippen molar-refractivity contribution in [2.24, 2.45) is 0 Å². The highest BCUT2D eigenvalue weighted by Gasteiger charge is 2.37. The van der Waals surface area contributed by atoms with Crippen LogP contribution in [-0.4, -0.2) is 19.0 Å². The summed E-state index contributed by atoms with van der Waals surface area (Å²) in [6.45, 7) is 3.03. The van der Waals surface area contributed by atoms with Gasteiger partial charge in [0.15, 0.2) is 0 Å². The van der Waals surface area contributed by atoms with E-state index >= 15 is 0 Å². The predicted octanol–water partition coefficient (Wildman–Crippen LogP) is 1.41. The molecular formula is C11H12ClFN2O. The number of piperazine rings is 1. The molecule has 0 aliphatic carbocycles. The average molecular weight is 243 g/mol. The van der Waals surface area contributed by atoms with Crippen LogP contribution in [0.5, 0.6) is 0 Å². The van der Waals surface area contributed by atoms with E-state index in [0.717, 1.165) is 0 Å². The van der Waals surface area contributed by atoms with Crippen LogP contribution >= 0.6 is 11.6 Å². The maximum absolute atomic E-state index is 13.0. The first kappa shape index (κ1) is 11.4. The molecule has 1 aromatic rings. The van der Waals surface area contributed by atoms with Gasteiger partial charge in [-0.15, -0.1) is 0 Å². The van der Waals surface area contributed by atoms with Gasteiger partial charge in [-0.25, -0.2) is 4.39 Å². The molecule has 0 saturated carbocycles.